The van der Waals surface area contributed by atoms with Gasteiger partial charge in [0.05, 0.1) is 0 Å². The summed E-state index contributed by atoms with van der Waals surface area (Å²) in [6.45, 7) is 0. The zero-order valence-corrected chi connectivity index (χ0v) is 12.3. The van der Waals surface area contributed by atoms with Crippen molar-refractivity contribution in [1.82, 2.24) is 15.1 Å². The summed E-state index contributed by atoms with van der Waals surface area (Å²) in [4.78, 5) is 14.4. The van der Waals surface area contributed by atoms with E-state index in [0.29, 0.717) is 24.7 Å². The summed E-state index contributed by atoms with van der Waals surface area (Å²) in [6, 6.07) is 0.0950. The summed E-state index contributed by atoms with van der Waals surface area (Å²) < 4.78 is 30.7. The molecule has 0 N–H and O–H groups in total. The summed E-state index contributed by atoms with van der Waals surface area (Å²) >= 11 is 0. The van der Waals surface area contributed by atoms with Crippen molar-refractivity contribution in [3.63, 3.8) is 0 Å². The Hall–Kier alpha value is -1.53. The molecule has 22 heavy (non-hydrogen) atoms. The van der Waals surface area contributed by atoms with Gasteiger partial charge in [-0.3, -0.25) is 4.79 Å². The van der Waals surface area contributed by atoms with Crippen LogP contribution in [0.2, 0.25) is 0 Å². The molecule has 1 aliphatic carbocycles. The normalized spacial score (nSPS) is 31.0. The van der Waals surface area contributed by atoms with Crippen LogP contribution in [0.25, 0.3) is 0 Å². The molecule has 2 aliphatic heterocycles. The molecular weight excluding hydrogens is 292 g/mol. The van der Waals surface area contributed by atoms with E-state index in [-0.39, 0.29) is 36.2 Å². The number of rotatable bonds is 4. The molecule has 2 atom stereocenters. The molecule has 3 fully saturated rings. The smallest absolute Gasteiger partial charge is 0.311 e. The summed E-state index contributed by atoms with van der Waals surface area (Å²) in [5.74, 6) is 0.741. The van der Waals surface area contributed by atoms with Gasteiger partial charge in [0.15, 0.2) is 0 Å². The summed E-state index contributed by atoms with van der Waals surface area (Å²) in [7, 11) is 0. The lowest BCUT2D eigenvalue weighted by Crippen LogP contribution is -2.47. The van der Waals surface area contributed by atoms with Crippen LogP contribution < -0.4 is 0 Å². The Labute approximate surface area is 127 Å². The predicted octanol–water partition coefficient (Wildman–Crippen LogP) is 2.99. The van der Waals surface area contributed by atoms with Gasteiger partial charge in [-0.15, -0.1) is 10.2 Å². The highest BCUT2D eigenvalue weighted by atomic mass is 19.3. The van der Waals surface area contributed by atoms with Crippen molar-refractivity contribution < 1.29 is 18.0 Å². The van der Waals surface area contributed by atoms with Crippen molar-refractivity contribution in [2.45, 2.75) is 69.4 Å². The fourth-order valence-corrected chi connectivity index (χ4v) is 3.99. The molecule has 7 heteroatoms. The van der Waals surface area contributed by atoms with E-state index in [1.807, 2.05) is 4.90 Å². The standard InChI is InChI=1S/C15H19F2N3O2/c16-12(17)7-8-5-10-3-4-11(6-8)20(10)15(21)14-19-18-13(22-14)9-1-2-9/h8-12H,1-7H2. The quantitative estimate of drug-likeness (QED) is 0.857. The highest BCUT2D eigenvalue weighted by molar-refractivity contribution is 5.90. The molecule has 1 aromatic heterocycles. The number of nitrogens with zero attached hydrogens (tertiary/aromatic N) is 3. The Balaban J connectivity index is 1.47. The van der Waals surface area contributed by atoms with Crippen LogP contribution in [0.15, 0.2) is 4.42 Å². The molecular formula is C15H19F2N3O2. The second-order valence-electron chi connectivity index (χ2n) is 6.78. The van der Waals surface area contributed by atoms with Crippen molar-refractivity contribution in [2.75, 3.05) is 0 Å². The van der Waals surface area contributed by atoms with Crippen LogP contribution in [-0.2, 0) is 0 Å². The molecule has 2 saturated heterocycles. The maximum atomic E-state index is 12.6. The monoisotopic (exact) mass is 311 g/mol. The highest BCUT2D eigenvalue weighted by Gasteiger charge is 2.45. The second kappa shape index (κ2) is 5.28. The number of hydrogen-bond donors (Lipinski definition) is 0. The fraction of sp³-hybridized carbons (Fsp3) is 0.800. The molecule has 120 valence electrons. The van der Waals surface area contributed by atoms with Gasteiger partial charge in [0.1, 0.15) is 0 Å². The van der Waals surface area contributed by atoms with Crippen LogP contribution in [0.4, 0.5) is 8.78 Å². The van der Waals surface area contributed by atoms with E-state index in [4.69, 9.17) is 4.42 Å². The molecule has 3 aliphatic rings. The van der Waals surface area contributed by atoms with Gasteiger partial charge in [0.25, 0.3) is 0 Å². The summed E-state index contributed by atoms with van der Waals surface area (Å²) in [5, 5.41) is 7.84. The van der Waals surface area contributed by atoms with Gasteiger partial charge in [-0.25, -0.2) is 8.78 Å². The third-order valence-corrected chi connectivity index (χ3v) is 5.13. The molecule has 0 spiro atoms. The highest BCUT2D eigenvalue weighted by Crippen LogP contribution is 2.42. The van der Waals surface area contributed by atoms with Crippen LogP contribution in [0.3, 0.4) is 0 Å². The van der Waals surface area contributed by atoms with Crippen molar-refractivity contribution in [3.05, 3.63) is 11.8 Å². The summed E-state index contributed by atoms with van der Waals surface area (Å²) in [5.41, 5.74) is 0. The molecule has 2 unspecified atom stereocenters. The van der Waals surface area contributed by atoms with Gasteiger partial charge in [-0.2, -0.15) is 0 Å². The van der Waals surface area contributed by atoms with Crippen LogP contribution in [-0.4, -0.2) is 39.5 Å². The Morgan fingerprint density at radius 1 is 1.18 bits per heavy atom. The van der Waals surface area contributed by atoms with Crippen molar-refractivity contribution in [1.29, 1.82) is 0 Å². The van der Waals surface area contributed by atoms with Crippen LogP contribution in [0.1, 0.15) is 67.4 Å². The maximum absolute atomic E-state index is 12.6. The molecule has 0 aromatic carbocycles. The first-order valence-electron chi connectivity index (χ1n) is 8.06. The number of hydrogen-bond acceptors (Lipinski definition) is 4. The van der Waals surface area contributed by atoms with Gasteiger partial charge in [-0.1, -0.05) is 0 Å². The lowest BCUT2D eigenvalue weighted by molar-refractivity contribution is 0.0376. The van der Waals surface area contributed by atoms with Gasteiger partial charge in [-0.05, 0) is 44.4 Å². The zero-order valence-electron chi connectivity index (χ0n) is 12.3. The third kappa shape index (κ3) is 2.50. The molecule has 0 radical (unpaired) electrons. The lowest BCUT2D eigenvalue weighted by atomic mass is 9.88. The largest absolute Gasteiger partial charge is 0.417 e. The van der Waals surface area contributed by atoms with E-state index in [1.54, 1.807) is 0 Å². The number of amides is 1. The van der Waals surface area contributed by atoms with Crippen LogP contribution in [0, 0.1) is 5.92 Å². The van der Waals surface area contributed by atoms with Crippen molar-refractivity contribution in [3.8, 4) is 0 Å². The first kappa shape index (κ1) is 14.1. The number of halogens is 2. The lowest BCUT2D eigenvalue weighted by Gasteiger charge is -2.38. The fourth-order valence-electron chi connectivity index (χ4n) is 3.99. The number of fused-ring (bicyclic) bond motifs is 2. The maximum Gasteiger partial charge on any atom is 0.311 e. The Bertz CT molecular complexity index is 559. The van der Waals surface area contributed by atoms with Gasteiger partial charge < -0.3 is 9.32 Å². The first-order chi connectivity index (χ1) is 10.6. The number of carbonyl (C=O) groups is 1. The number of piperidine rings is 1. The van der Waals surface area contributed by atoms with E-state index in [2.05, 4.69) is 10.2 Å². The molecule has 4 rings (SSSR count). The average Bonchev–Trinajstić information content (AvgIpc) is 3.14. The Kier molecular flexibility index (Phi) is 3.38. The van der Waals surface area contributed by atoms with E-state index in [9.17, 15) is 13.6 Å². The number of aromatic nitrogens is 2. The molecule has 1 saturated carbocycles. The minimum absolute atomic E-state index is 0.0197. The Morgan fingerprint density at radius 3 is 2.45 bits per heavy atom. The van der Waals surface area contributed by atoms with Crippen molar-refractivity contribution >= 4 is 5.91 Å². The molecule has 1 aromatic rings. The third-order valence-electron chi connectivity index (χ3n) is 5.13. The molecule has 1 amide bonds. The molecule has 5 nitrogen and oxygen atoms in total. The molecule has 3 heterocycles. The summed E-state index contributed by atoms with van der Waals surface area (Å²) in [6.07, 6.45) is 2.87. The number of carbonyl (C=O) groups excluding carboxylic acids is 1. The van der Waals surface area contributed by atoms with E-state index < -0.39 is 6.43 Å². The SMILES string of the molecule is O=C(c1nnc(C2CC2)o1)N1C2CCC1CC(CC(F)F)C2. The van der Waals surface area contributed by atoms with E-state index >= 15 is 0 Å². The minimum atomic E-state index is -2.26. The molecule has 2 bridgehead atoms. The predicted molar refractivity (Wildman–Crippen MR) is 72.6 cm³/mol. The van der Waals surface area contributed by atoms with Crippen molar-refractivity contribution in [2.24, 2.45) is 5.92 Å². The first-order valence-corrected chi connectivity index (χ1v) is 8.06. The average molecular weight is 311 g/mol. The second-order valence-corrected chi connectivity index (χ2v) is 6.78. The van der Waals surface area contributed by atoms with E-state index in [1.165, 1.54) is 0 Å². The van der Waals surface area contributed by atoms with Gasteiger partial charge >= 0.3 is 11.8 Å². The minimum Gasteiger partial charge on any atom is -0.417 e. The topological polar surface area (TPSA) is 59.2 Å². The van der Waals surface area contributed by atoms with Crippen LogP contribution in [0.5, 0.6) is 0 Å². The van der Waals surface area contributed by atoms with E-state index in [0.717, 1.165) is 25.7 Å². The zero-order chi connectivity index (χ0) is 15.3. The Morgan fingerprint density at radius 2 is 1.86 bits per heavy atom. The van der Waals surface area contributed by atoms with Gasteiger partial charge in [0, 0.05) is 24.4 Å². The number of alkyl halides is 2. The van der Waals surface area contributed by atoms with Gasteiger partial charge in [0.2, 0.25) is 12.3 Å². The van der Waals surface area contributed by atoms with Crippen LogP contribution >= 0.6 is 0 Å².